The van der Waals surface area contributed by atoms with Gasteiger partial charge >= 0.3 is 6.03 Å². The molecule has 2 aromatic carbocycles. The van der Waals surface area contributed by atoms with Gasteiger partial charge in [-0.15, -0.1) is 0 Å². The second-order valence-corrected chi connectivity index (χ2v) is 9.96. The molecule has 0 saturated heterocycles. The number of nitrogens with zero attached hydrogens (tertiary/aromatic N) is 3. The van der Waals surface area contributed by atoms with Gasteiger partial charge in [0.25, 0.3) is 5.91 Å². The van der Waals surface area contributed by atoms with Crippen molar-refractivity contribution in [1.29, 1.82) is 0 Å². The summed E-state index contributed by atoms with van der Waals surface area (Å²) in [5, 5.41) is 8.92. The summed E-state index contributed by atoms with van der Waals surface area (Å²) in [5.41, 5.74) is 8.45. The van der Waals surface area contributed by atoms with Crippen LogP contribution in [0.4, 0.5) is 10.5 Å². The van der Waals surface area contributed by atoms with Crippen LogP contribution in [0.2, 0.25) is 5.02 Å². The fourth-order valence-corrected chi connectivity index (χ4v) is 5.44. The van der Waals surface area contributed by atoms with E-state index in [1.807, 2.05) is 0 Å². The SMILES string of the molecule is NC(=O)c1c(-c2cccc(Cl)c2)nn2c1CN(C(=O)Nc1ccc3c(c1)S(=O)(=O)C=C3)CC2. The van der Waals surface area contributed by atoms with E-state index >= 15 is 0 Å². The van der Waals surface area contributed by atoms with Crippen LogP contribution in [0, 0.1) is 0 Å². The number of nitrogens with one attached hydrogen (secondary N) is 1. The first-order chi connectivity index (χ1) is 15.7. The van der Waals surface area contributed by atoms with Gasteiger partial charge in [-0.05, 0) is 35.9 Å². The van der Waals surface area contributed by atoms with Crippen molar-refractivity contribution in [3.8, 4) is 11.3 Å². The summed E-state index contributed by atoms with van der Waals surface area (Å²) in [6, 6.07) is 11.2. The molecule has 0 spiro atoms. The molecule has 3 N–H and O–H groups in total. The monoisotopic (exact) mass is 483 g/mol. The minimum atomic E-state index is -3.49. The van der Waals surface area contributed by atoms with E-state index in [2.05, 4.69) is 10.4 Å². The predicted molar refractivity (Wildman–Crippen MR) is 123 cm³/mol. The summed E-state index contributed by atoms with van der Waals surface area (Å²) in [7, 11) is -3.49. The summed E-state index contributed by atoms with van der Waals surface area (Å²) in [4.78, 5) is 26.9. The van der Waals surface area contributed by atoms with E-state index in [0.717, 1.165) is 5.41 Å². The van der Waals surface area contributed by atoms with Crippen molar-refractivity contribution in [1.82, 2.24) is 14.7 Å². The zero-order valence-electron chi connectivity index (χ0n) is 17.2. The smallest absolute Gasteiger partial charge is 0.322 e. The second-order valence-electron chi connectivity index (χ2n) is 7.72. The molecule has 1 aromatic heterocycles. The molecule has 0 saturated carbocycles. The Morgan fingerprint density at radius 1 is 1.12 bits per heavy atom. The van der Waals surface area contributed by atoms with Crippen molar-refractivity contribution in [2.24, 2.45) is 5.73 Å². The Morgan fingerprint density at radius 3 is 2.70 bits per heavy atom. The van der Waals surface area contributed by atoms with Crippen LogP contribution in [-0.2, 0) is 22.9 Å². The van der Waals surface area contributed by atoms with E-state index < -0.39 is 21.8 Å². The van der Waals surface area contributed by atoms with Crippen LogP contribution in [0.25, 0.3) is 17.3 Å². The van der Waals surface area contributed by atoms with Crippen LogP contribution in [0.5, 0.6) is 0 Å². The van der Waals surface area contributed by atoms with Crippen LogP contribution in [0.1, 0.15) is 21.6 Å². The van der Waals surface area contributed by atoms with Gasteiger partial charge in [0.1, 0.15) is 5.69 Å². The predicted octanol–water partition coefficient (Wildman–Crippen LogP) is 3.11. The number of carbonyl (C=O) groups excluding carboxylic acids is 2. The summed E-state index contributed by atoms with van der Waals surface area (Å²) < 4.78 is 25.9. The third kappa shape index (κ3) is 3.77. The standard InChI is InChI=1S/C22H18ClN5O4S/c23-15-3-1-2-14(10-15)20-19(21(24)29)17-12-27(7-8-28(17)26-20)22(30)25-16-5-4-13-6-9-33(31,32)18(13)11-16/h1-6,9-11H,7-8,12H2,(H2,24,29)(H,25,30). The summed E-state index contributed by atoms with van der Waals surface area (Å²) in [5.74, 6) is -0.648. The Kier molecular flexibility index (Phi) is 4.98. The summed E-state index contributed by atoms with van der Waals surface area (Å²) in [6.07, 6.45) is 1.52. The van der Waals surface area contributed by atoms with Gasteiger partial charge in [-0.2, -0.15) is 5.10 Å². The molecule has 0 bridgehead atoms. The molecule has 5 rings (SSSR count). The van der Waals surface area contributed by atoms with Gasteiger partial charge in [0.15, 0.2) is 0 Å². The molecule has 3 aromatic rings. The first-order valence-electron chi connectivity index (χ1n) is 10.0. The van der Waals surface area contributed by atoms with Crippen molar-refractivity contribution in [3.05, 3.63) is 69.7 Å². The maximum atomic E-state index is 12.9. The van der Waals surface area contributed by atoms with Crippen LogP contribution < -0.4 is 11.1 Å². The highest BCUT2D eigenvalue weighted by molar-refractivity contribution is 7.94. The molecule has 2 aliphatic rings. The quantitative estimate of drug-likeness (QED) is 0.591. The number of carbonyl (C=O) groups is 2. The van der Waals surface area contributed by atoms with Gasteiger partial charge in [-0.3, -0.25) is 9.48 Å². The molecular weight excluding hydrogens is 466 g/mol. The molecule has 0 atom stereocenters. The Balaban J connectivity index is 1.41. The van der Waals surface area contributed by atoms with E-state index in [-0.39, 0.29) is 17.0 Å². The molecule has 0 unspecified atom stereocenters. The van der Waals surface area contributed by atoms with Gasteiger partial charge in [-0.1, -0.05) is 29.8 Å². The molecule has 0 radical (unpaired) electrons. The number of fused-ring (bicyclic) bond motifs is 2. The molecule has 3 heterocycles. The van der Waals surface area contributed by atoms with Crippen molar-refractivity contribution in [2.45, 2.75) is 18.0 Å². The van der Waals surface area contributed by atoms with Crippen molar-refractivity contribution in [3.63, 3.8) is 0 Å². The number of hydrogen-bond acceptors (Lipinski definition) is 5. The Morgan fingerprint density at radius 2 is 1.94 bits per heavy atom. The van der Waals surface area contributed by atoms with Gasteiger partial charge in [0.2, 0.25) is 9.84 Å². The number of amides is 3. The number of rotatable bonds is 3. The summed E-state index contributed by atoms with van der Waals surface area (Å²) in [6.45, 7) is 0.826. The largest absolute Gasteiger partial charge is 0.365 e. The number of urea groups is 1. The highest BCUT2D eigenvalue weighted by Crippen LogP contribution is 2.31. The first-order valence-corrected chi connectivity index (χ1v) is 11.9. The Hall–Kier alpha value is -3.63. The minimum absolute atomic E-state index is 0.114. The topological polar surface area (TPSA) is 127 Å². The van der Waals surface area contributed by atoms with Crippen molar-refractivity contribution >= 4 is 45.1 Å². The molecular formula is C22H18ClN5O4S. The lowest BCUT2D eigenvalue weighted by Crippen LogP contribution is -2.41. The Labute approximate surface area is 194 Å². The summed E-state index contributed by atoms with van der Waals surface area (Å²) >= 11 is 6.09. The van der Waals surface area contributed by atoms with Crippen LogP contribution >= 0.6 is 11.6 Å². The van der Waals surface area contributed by atoms with E-state index in [1.54, 1.807) is 41.1 Å². The second kappa shape index (κ2) is 7.75. The average molecular weight is 484 g/mol. The minimum Gasteiger partial charge on any atom is -0.365 e. The number of primary amides is 1. The highest BCUT2D eigenvalue weighted by Gasteiger charge is 2.30. The van der Waals surface area contributed by atoms with Gasteiger partial charge in [-0.25, -0.2) is 13.2 Å². The number of aromatic nitrogens is 2. The Bertz CT molecular complexity index is 1460. The van der Waals surface area contributed by atoms with Crippen LogP contribution in [0.3, 0.4) is 0 Å². The molecule has 33 heavy (non-hydrogen) atoms. The van der Waals surface area contributed by atoms with E-state index in [9.17, 15) is 18.0 Å². The molecule has 3 amide bonds. The fraction of sp³-hybridized carbons (Fsp3) is 0.136. The molecule has 2 aliphatic heterocycles. The van der Waals surface area contributed by atoms with Gasteiger partial charge in [0, 0.05) is 28.2 Å². The maximum Gasteiger partial charge on any atom is 0.322 e. The first kappa shape index (κ1) is 21.2. The average Bonchev–Trinajstić information content (AvgIpc) is 3.31. The molecule has 168 valence electrons. The fourth-order valence-electron chi connectivity index (χ4n) is 4.02. The van der Waals surface area contributed by atoms with Crippen LogP contribution in [-0.4, -0.2) is 41.6 Å². The molecule has 9 nitrogen and oxygen atoms in total. The number of anilines is 1. The van der Waals surface area contributed by atoms with Crippen LogP contribution in [0.15, 0.2) is 52.8 Å². The third-order valence-electron chi connectivity index (χ3n) is 5.61. The van der Waals surface area contributed by atoms with Crippen molar-refractivity contribution < 1.29 is 18.0 Å². The normalized spacial score (nSPS) is 15.7. The van der Waals surface area contributed by atoms with Crippen molar-refractivity contribution in [2.75, 3.05) is 11.9 Å². The lowest BCUT2D eigenvalue weighted by molar-refractivity contribution is 0.0997. The number of hydrogen-bond donors (Lipinski definition) is 2. The zero-order chi connectivity index (χ0) is 23.3. The van der Waals surface area contributed by atoms with Gasteiger partial charge < -0.3 is 16.0 Å². The zero-order valence-corrected chi connectivity index (χ0v) is 18.7. The number of nitrogens with two attached hydrogens (primary N) is 1. The number of halogens is 1. The van der Waals surface area contributed by atoms with E-state index in [0.29, 0.717) is 46.3 Å². The maximum absolute atomic E-state index is 12.9. The van der Waals surface area contributed by atoms with E-state index in [1.165, 1.54) is 17.0 Å². The van der Waals surface area contributed by atoms with Gasteiger partial charge in [0.05, 0.1) is 29.2 Å². The number of benzene rings is 2. The lowest BCUT2D eigenvalue weighted by atomic mass is 10.0. The lowest BCUT2D eigenvalue weighted by Gasteiger charge is -2.28. The molecule has 0 aliphatic carbocycles. The third-order valence-corrected chi connectivity index (χ3v) is 7.31. The highest BCUT2D eigenvalue weighted by atomic mass is 35.5. The molecule has 0 fully saturated rings. The van der Waals surface area contributed by atoms with E-state index in [4.69, 9.17) is 17.3 Å². The molecule has 11 heteroatoms. The number of sulfone groups is 1.